The highest BCUT2D eigenvalue weighted by molar-refractivity contribution is 5.77. The van der Waals surface area contributed by atoms with Crippen LogP contribution in [0.15, 0.2) is 54.9 Å². The summed E-state index contributed by atoms with van der Waals surface area (Å²) in [5.74, 6) is -0.0911. The average molecular weight is 341 g/mol. The van der Waals surface area contributed by atoms with Crippen LogP contribution >= 0.6 is 0 Å². The van der Waals surface area contributed by atoms with Gasteiger partial charge in [0.05, 0.1) is 12.7 Å². The number of rotatable bonds is 5. The van der Waals surface area contributed by atoms with Crippen LogP contribution in [-0.4, -0.2) is 59.8 Å². The van der Waals surface area contributed by atoms with Crippen molar-refractivity contribution in [1.82, 2.24) is 9.88 Å². The number of carbonyl (C=O) groups is 1. The van der Waals surface area contributed by atoms with E-state index in [0.29, 0.717) is 32.8 Å². The molecule has 1 aliphatic rings. The van der Waals surface area contributed by atoms with E-state index in [4.69, 9.17) is 4.74 Å². The quantitative estimate of drug-likeness (QED) is 0.888. The van der Waals surface area contributed by atoms with Crippen LogP contribution in [0.3, 0.4) is 0 Å². The summed E-state index contributed by atoms with van der Waals surface area (Å²) < 4.78 is 5.53. The summed E-state index contributed by atoms with van der Waals surface area (Å²) in [6.45, 7) is 2.50. The van der Waals surface area contributed by atoms with Crippen LogP contribution in [0.5, 0.6) is 0 Å². The lowest BCUT2D eigenvalue weighted by Crippen LogP contribution is -2.39. The van der Waals surface area contributed by atoms with Crippen molar-refractivity contribution in [3.8, 4) is 0 Å². The number of ether oxygens (including phenoxy) is 1. The van der Waals surface area contributed by atoms with Crippen LogP contribution in [0.4, 0.5) is 5.69 Å². The summed E-state index contributed by atoms with van der Waals surface area (Å²) in [6.07, 6.45) is 2.87. The molecule has 1 atom stereocenters. The van der Waals surface area contributed by atoms with Gasteiger partial charge in [0.2, 0.25) is 5.91 Å². The summed E-state index contributed by atoms with van der Waals surface area (Å²) in [5, 5.41) is 10.3. The molecule has 6 nitrogen and oxygen atoms in total. The molecule has 6 heteroatoms. The van der Waals surface area contributed by atoms with Crippen LogP contribution < -0.4 is 4.90 Å². The van der Waals surface area contributed by atoms with E-state index in [2.05, 4.69) is 9.88 Å². The summed E-state index contributed by atoms with van der Waals surface area (Å²) >= 11 is 0. The number of carbonyl (C=O) groups excluding carboxylic acids is 1. The van der Waals surface area contributed by atoms with Crippen molar-refractivity contribution >= 4 is 11.6 Å². The van der Waals surface area contributed by atoms with E-state index < -0.39 is 6.10 Å². The molecule has 1 aliphatic heterocycles. The lowest BCUT2D eigenvalue weighted by atomic mass is 10.2. The Bertz CT molecular complexity index is 666. The highest BCUT2D eigenvalue weighted by Gasteiger charge is 2.24. The Balaban J connectivity index is 1.51. The molecule has 1 amide bonds. The second-order valence-electron chi connectivity index (χ2n) is 6.12. The maximum absolute atomic E-state index is 12.4. The second-order valence-corrected chi connectivity index (χ2v) is 6.12. The number of anilines is 1. The maximum atomic E-state index is 12.4. The molecule has 1 fully saturated rings. The van der Waals surface area contributed by atoms with Crippen molar-refractivity contribution in [3.63, 3.8) is 0 Å². The van der Waals surface area contributed by atoms with Crippen molar-refractivity contribution in [3.05, 3.63) is 60.4 Å². The molecular formula is C19H23N3O3. The van der Waals surface area contributed by atoms with Gasteiger partial charge in [-0.15, -0.1) is 0 Å². The summed E-state index contributed by atoms with van der Waals surface area (Å²) in [5.41, 5.74) is 2.04. The maximum Gasteiger partial charge on any atom is 0.248 e. The first kappa shape index (κ1) is 17.4. The van der Waals surface area contributed by atoms with Gasteiger partial charge in [0.25, 0.3) is 0 Å². The number of β-amino-alcohol motifs (C(OH)–C–C–N with tert-alkyl or cyclic N) is 1. The summed E-state index contributed by atoms with van der Waals surface area (Å²) in [6, 6.07) is 13.6. The number of nitrogens with zero attached hydrogens (tertiary/aromatic N) is 3. The molecule has 0 bridgehead atoms. The van der Waals surface area contributed by atoms with Gasteiger partial charge in [-0.05, 0) is 17.7 Å². The van der Waals surface area contributed by atoms with Crippen LogP contribution in [-0.2, 0) is 16.1 Å². The first-order valence-electron chi connectivity index (χ1n) is 8.45. The van der Waals surface area contributed by atoms with Crippen LogP contribution in [0, 0.1) is 0 Å². The molecule has 0 unspecified atom stereocenters. The minimum absolute atomic E-state index is 0.0247. The number of hydrogen-bond acceptors (Lipinski definition) is 5. The number of aromatic nitrogens is 1. The fourth-order valence-electron chi connectivity index (χ4n) is 2.93. The van der Waals surface area contributed by atoms with E-state index in [1.807, 2.05) is 42.5 Å². The van der Waals surface area contributed by atoms with Gasteiger partial charge in [0, 0.05) is 44.3 Å². The van der Waals surface area contributed by atoms with Crippen molar-refractivity contribution < 1.29 is 14.6 Å². The van der Waals surface area contributed by atoms with Crippen LogP contribution in [0.1, 0.15) is 5.56 Å². The number of aliphatic hydroxyl groups is 1. The van der Waals surface area contributed by atoms with E-state index in [1.54, 1.807) is 17.3 Å². The molecule has 132 valence electrons. The standard InChI is InChI=1S/C19H23N3O3/c23-18-12-21(17-6-8-20-9-7-17)10-11-22(13-18)19(24)15-25-14-16-4-2-1-3-5-16/h1-9,18,23H,10-15H2/t18-/m0/s1. The Morgan fingerprint density at radius 1 is 1.12 bits per heavy atom. The largest absolute Gasteiger partial charge is 0.389 e. The summed E-state index contributed by atoms with van der Waals surface area (Å²) in [7, 11) is 0. The van der Waals surface area contributed by atoms with Crippen molar-refractivity contribution in [2.24, 2.45) is 0 Å². The van der Waals surface area contributed by atoms with E-state index in [1.165, 1.54) is 0 Å². The fraction of sp³-hybridized carbons (Fsp3) is 0.368. The number of amides is 1. The third kappa shape index (κ3) is 5.01. The minimum atomic E-state index is -0.589. The Kier molecular flexibility index (Phi) is 5.98. The molecule has 1 saturated heterocycles. The molecule has 1 aromatic heterocycles. The third-order valence-corrected chi connectivity index (χ3v) is 4.22. The molecular weight excluding hydrogens is 318 g/mol. The van der Waals surface area contributed by atoms with Gasteiger partial charge in [-0.2, -0.15) is 0 Å². The minimum Gasteiger partial charge on any atom is -0.389 e. The van der Waals surface area contributed by atoms with E-state index in [0.717, 1.165) is 11.3 Å². The van der Waals surface area contributed by atoms with Gasteiger partial charge in [0.1, 0.15) is 6.61 Å². The SMILES string of the molecule is O=C(COCc1ccccc1)N1CCN(c2ccncc2)C[C@H](O)C1. The molecule has 2 heterocycles. The zero-order valence-electron chi connectivity index (χ0n) is 14.1. The molecule has 3 rings (SSSR count). The highest BCUT2D eigenvalue weighted by Crippen LogP contribution is 2.15. The monoisotopic (exact) mass is 341 g/mol. The predicted molar refractivity (Wildman–Crippen MR) is 95.1 cm³/mol. The van der Waals surface area contributed by atoms with Crippen molar-refractivity contribution in [1.29, 1.82) is 0 Å². The smallest absolute Gasteiger partial charge is 0.248 e. The van der Waals surface area contributed by atoms with Gasteiger partial charge in [0.15, 0.2) is 0 Å². The van der Waals surface area contributed by atoms with Gasteiger partial charge in [-0.25, -0.2) is 0 Å². The number of aliphatic hydroxyl groups excluding tert-OH is 1. The highest BCUT2D eigenvalue weighted by atomic mass is 16.5. The molecule has 1 aromatic carbocycles. The first-order chi connectivity index (χ1) is 12.2. The van der Waals surface area contributed by atoms with Gasteiger partial charge in [-0.1, -0.05) is 30.3 Å². The Morgan fingerprint density at radius 2 is 1.88 bits per heavy atom. The van der Waals surface area contributed by atoms with Crippen LogP contribution in [0.25, 0.3) is 0 Å². The van der Waals surface area contributed by atoms with E-state index >= 15 is 0 Å². The van der Waals surface area contributed by atoms with E-state index in [-0.39, 0.29) is 12.5 Å². The molecule has 25 heavy (non-hydrogen) atoms. The number of pyridine rings is 1. The third-order valence-electron chi connectivity index (χ3n) is 4.22. The molecule has 0 spiro atoms. The Hall–Kier alpha value is -2.44. The zero-order valence-corrected chi connectivity index (χ0v) is 14.1. The lowest BCUT2D eigenvalue weighted by molar-refractivity contribution is -0.137. The predicted octanol–water partition coefficient (Wildman–Crippen LogP) is 1.31. The molecule has 1 N–H and O–H groups in total. The second kappa shape index (κ2) is 8.60. The number of benzene rings is 1. The first-order valence-corrected chi connectivity index (χ1v) is 8.45. The van der Waals surface area contributed by atoms with Gasteiger partial charge in [-0.3, -0.25) is 9.78 Å². The molecule has 0 aliphatic carbocycles. The summed E-state index contributed by atoms with van der Waals surface area (Å²) in [4.78, 5) is 20.2. The zero-order chi connectivity index (χ0) is 17.5. The molecule has 0 saturated carbocycles. The van der Waals surface area contributed by atoms with Gasteiger partial charge < -0.3 is 19.6 Å². The Morgan fingerprint density at radius 3 is 2.64 bits per heavy atom. The lowest BCUT2D eigenvalue weighted by Gasteiger charge is -2.23. The van der Waals surface area contributed by atoms with Crippen molar-refractivity contribution in [2.75, 3.05) is 37.7 Å². The average Bonchev–Trinajstić information content (AvgIpc) is 2.85. The van der Waals surface area contributed by atoms with Gasteiger partial charge >= 0.3 is 0 Å². The Labute approximate surface area is 147 Å². The topological polar surface area (TPSA) is 65.9 Å². The molecule has 0 radical (unpaired) electrons. The van der Waals surface area contributed by atoms with Crippen LogP contribution in [0.2, 0.25) is 0 Å². The van der Waals surface area contributed by atoms with E-state index in [9.17, 15) is 9.90 Å². The van der Waals surface area contributed by atoms with Crippen molar-refractivity contribution in [2.45, 2.75) is 12.7 Å². The fourth-order valence-corrected chi connectivity index (χ4v) is 2.93. The normalized spacial score (nSPS) is 18.0. The number of hydrogen-bond donors (Lipinski definition) is 1. The molecule has 2 aromatic rings.